The van der Waals surface area contributed by atoms with Gasteiger partial charge in [-0.25, -0.2) is 0 Å². The van der Waals surface area contributed by atoms with Crippen LogP contribution in [0, 0.1) is 0 Å². The van der Waals surface area contributed by atoms with Gasteiger partial charge in [0.05, 0.1) is 10.6 Å². The molecule has 1 aliphatic carbocycles. The first-order valence-corrected chi connectivity index (χ1v) is 6.69. The van der Waals surface area contributed by atoms with Gasteiger partial charge in [-0.3, -0.25) is 19.6 Å². The molecule has 0 aromatic carbocycles. The second-order valence-corrected chi connectivity index (χ2v) is 5.12. The molecule has 3 heterocycles. The molecule has 6 nitrogen and oxygen atoms in total. The number of carbonyl (C=O) groups excluding carboxylic acids is 2. The number of hydrogen-bond acceptors (Lipinski definition) is 6. The molecule has 7 heteroatoms. The van der Waals surface area contributed by atoms with E-state index in [1.807, 2.05) is 0 Å². The van der Waals surface area contributed by atoms with Crippen molar-refractivity contribution in [2.45, 2.75) is 0 Å². The molecule has 0 aliphatic heterocycles. The average Bonchev–Trinajstić information content (AvgIpc) is 2.98. The van der Waals surface area contributed by atoms with E-state index in [9.17, 15) is 9.59 Å². The number of carbonyl (C=O) groups is 2. The summed E-state index contributed by atoms with van der Waals surface area (Å²) in [6.45, 7) is 0. The summed E-state index contributed by atoms with van der Waals surface area (Å²) >= 11 is 5.84. The highest BCUT2D eigenvalue weighted by Crippen LogP contribution is 2.38. The minimum absolute atomic E-state index is 0.111. The first-order chi connectivity index (χ1) is 10.7. The number of pyridine rings is 2. The van der Waals surface area contributed by atoms with Crippen LogP contribution in [0.15, 0.2) is 41.3 Å². The molecule has 4 rings (SSSR count). The molecule has 0 saturated heterocycles. The van der Waals surface area contributed by atoms with Crippen molar-refractivity contribution in [3.8, 4) is 22.7 Å². The SMILES string of the molecule is O=C1C(=O)c2c(-c3cccnc3)noc2-c2ncc(Cl)cc21. The fourth-order valence-corrected chi connectivity index (χ4v) is 2.55. The molecular formula is C15H6ClN3O3. The third kappa shape index (κ3) is 1.71. The van der Waals surface area contributed by atoms with Gasteiger partial charge in [-0.05, 0) is 18.2 Å². The summed E-state index contributed by atoms with van der Waals surface area (Å²) in [4.78, 5) is 32.8. The lowest BCUT2D eigenvalue weighted by Crippen LogP contribution is -2.21. The molecule has 0 N–H and O–H groups in total. The van der Waals surface area contributed by atoms with Gasteiger partial charge < -0.3 is 4.52 Å². The maximum absolute atomic E-state index is 12.4. The van der Waals surface area contributed by atoms with Gasteiger partial charge in [-0.1, -0.05) is 16.8 Å². The van der Waals surface area contributed by atoms with Crippen molar-refractivity contribution >= 4 is 23.2 Å². The Morgan fingerprint density at radius 1 is 1.09 bits per heavy atom. The molecule has 0 amide bonds. The summed E-state index contributed by atoms with van der Waals surface area (Å²) in [5.41, 5.74) is 1.38. The largest absolute Gasteiger partial charge is 0.353 e. The molecule has 3 aromatic heterocycles. The van der Waals surface area contributed by atoms with Crippen molar-refractivity contribution < 1.29 is 14.1 Å². The molecule has 0 fully saturated rings. The van der Waals surface area contributed by atoms with Crippen LogP contribution >= 0.6 is 11.6 Å². The topological polar surface area (TPSA) is 86.0 Å². The van der Waals surface area contributed by atoms with E-state index >= 15 is 0 Å². The van der Waals surface area contributed by atoms with Crippen LogP contribution in [0.4, 0.5) is 0 Å². The summed E-state index contributed by atoms with van der Waals surface area (Å²) in [7, 11) is 0. The standard InChI is InChI=1S/C15H6ClN3O3/c16-8-4-9-12(18-6-8)15-10(14(21)13(9)20)11(19-22-15)7-2-1-3-17-5-7/h1-6H. The number of aromatic nitrogens is 3. The summed E-state index contributed by atoms with van der Waals surface area (Å²) < 4.78 is 5.27. The fraction of sp³-hybridized carbons (Fsp3) is 0. The Bertz CT molecular complexity index is 934. The van der Waals surface area contributed by atoms with Crippen molar-refractivity contribution in [3.63, 3.8) is 0 Å². The maximum atomic E-state index is 12.4. The van der Waals surface area contributed by atoms with Crippen molar-refractivity contribution in [1.82, 2.24) is 15.1 Å². The molecule has 3 aromatic rings. The highest BCUT2D eigenvalue weighted by Gasteiger charge is 2.38. The van der Waals surface area contributed by atoms with E-state index in [2.05, 4.69) is 15.1 Å². The lowest BCUT2D eigenvalue weighted by molar-refractivity contribution is 0.0814. The highest BCUT2D eigenvalue weighted by atomic mass is 35.5. The number of rotatable bonds is 1. The van der Waals surface area contributed by atoms with Gasteiger partial charge in [0, 0.05) is 24.2 Å². The quantitative estimate of drug-likeness (QED) is 0.642. The van der Waals surface area contributed by atoms with Crippen LogP contribution in [0.1, 0.15) is 20.7 Å². The van der Waals surface area contributed by atoms with Gasteiger partial charge in [-0.2, -0.15) is 0 Å². The Labute approximate surface area is 128 Å². The average molecular weight is 312 g/mol. The smallest absolute Gasteiger partial charge is 0.239 e. The van der Waals surface area contributed by atoms with E-state index in [0.29, 0.717) is 5.56 Å². The number of Topliss-reactive ketones (excluding diaryl/α,β-unsaturated/α-hetero) is 2. The van der Waals surface area contributed by atoms with Crippen LogP contribution in [0.2, 0.25) is 5.02 Å². The monoisotopic (exact) mass is 311 g/mol. The normalized spacial score (nSPS) is 13.0. The summed E-state index contributed by atoms with van der Waals surface area (Å²) in [5, 5.41) is 4.19. The number of hydrogen-bond donors (Lipinski definition) is 0. The molecular weight excluding hydrogens is 306 g/mol. The van der Waals surface area contributed by atoms with Crippen molar-refractivity contribution in [2.24, 2.45) is 0 Å². The van der Waals surface area contributed by atoms with Crippen LogP contribution < -0.4 is 0 Å². The maximum Gasteiger partial charge on any atom is 0.239 e. The van der Waals surface area contributed by atoms with Gasteiger partial charge in [0.15, 0.2) is 5.76 Å². The first-order valence-electron chi connectivity index (χ1n) is 6.32. The number of nitrogens with zero attached hydrogens (tertiary/aromatic N) is 3. The molecule has 0 spiro atoms. The fourth-order valence-electron chi connectivity index (χ4n) is 2.39. The summed E-state index contributed by atoms with van der Waals surface area (Å²) in [5.74, 6) is -1.19. The van der Waals surface area contributed by atoms with Gasteiger partial charge in [0.2, 0.25) is 11.6 Å². The van der Waals surface area contributed by atoms with Crippen LogP contribution in [-0.2, 0) is 0 Å². The van der Waals surface area contributed by atoms with E-state index in [1.165, 1.54) is 12.3 Å². The molecule has 0 atom stereocenters. The zero-order chi connectivity index (χ0) is 15.3. The van der Waals surface area contributed by atoms with Gasteiger partial charge in [0.1, 0.15) is 17.0 Å². The van der Waals surface area contributed by atoms with Crippen molar-refractivity contribution in [1.29, 1.82) is 0 Å². The van der Waals surface area contributed by atoms with E-state index in [4.69, 9.17) is 16.1 Å². The summed E-state index contributed by atoms with van der Waals surface area (Å²) in [6.07, 6.45) is 4.53. The minimum Gasteiger partial charge on any atom is -0.353 e. The Balaban J connectivity index is 2.01. The Hall–Kier alpha value is -2.86. The third-order valence-corrected chi connectivity index (χ3v) is 3.58. The molecule has 0 saturated carbocycles. The van der Waals surface area contributed by atoms with Crippen molar-refractivity contribution in [3.05, 3.63) is 52.9 Å². The summed E-state index contributed by atoms with van der Waals surface area (Å²) in [6, 6.07) is 4.84. The molecule has 1 aliphatic rings. The number of halogens is 1. The predicted octanol–water partition coefficient (Wildman–Crippen LogP) is 2.83. The molecule has 106 valence electrons. The van der Waals surface area contributed by atoms with Gasteiger partial charge in [0.25, 0.3) is 0 Å². The van der Waals surface area contributed by atoms with Crippen LogP contribution in [0.3, 0.4) is 0 Å². The van der Waals surface area contributed by atoms with Crippen LogP contribution in [-0.4, -0.2) is 26.7 Å². The molecule has 22 heavy (non-hydrogen) atoms. The van der Waals surface area contributed by atoms with Crippen LogP contribution in [0.25, 0.3) is 22.7 Å². The Kier molecular flexibility index (Phi) is 2.67. The van der Waals surface area contributed by atoms with Crippen LogP contribution in [0.5, 0.6) is 0 Å². The highest BCUT2D eigenvalue weighted by molar-refractivity contribution is 6.53. The number of ketones is 2. The molecule has 0 bridgehead atoms. The van der Waals surface area contributed by atoms with E-state index < -0.39 is 11.6 Å². The second kappa shape index (κ2) is 4.57. The van der Waals surface area contributed by atoms with E-state index in [0.717, 1.165) is 0 Å². The Morgan fingerprint density at radius 3 is 2.73 bits per heavy atom. The predicted molar refractivity (Wildman–Crippen MR) is 76.6 cm³/mol. The zero-order valence-corrected chi connectivity index (χ0v) is 11.7. The van der Waals surface area contributed by atoms with Gasteiger partial charge in [-0.15, -0.1) is 0 Å². The lowest BCUT2D eigenvalue weighted by atomic mass is 9.89. The Morgan fingerprint density at radius 2 is 1.95 bits per heavy atom. The third-order valence-electron chi connectivity index (χ3n) is 3.37. The van der Waals surface area contributed by atoms with Crippen molar-refractivity contribution in [2.75, 3.05) is 0 Å². The first kappa shape index (κ1) is 12.8. The minimum atomic E-state index is -0.688. The molecule has 0 unspecified atom stereocenters. The number of fused-ring (bicyclic) bond motifs is 3. The zero-order valence-electron chi connectivity index (χ0n) is 10.9. The van der Waals surface area contributed by atoms with E-state index in [-0.39, 0.29) is 33.3 Å². The lowest BCUT2D eigenvalue weighted by Gasteiger charge is -2.11. The van der Waals surface area contributed by atoms with E-state index in [1.54, 1.807) is 24.5 Å². The van der Waals surface area contributed by atoms with Gasteiger partial charge >= 0.3 is 0 Å². The molecule has 0 radical (unpaired) electrons. The second-order valence-electron chi connectivity index (χ2n) is 4.68.